The van der Waals surface area contributed by atoms with Crippen LogP contribution < -0.4 is 0 Å². The lowest BCUT2D eigenvalue weighted by Crippen LogP contribution is -2.42. The molecule has 2 aromatic rings. The molecule has 2 aliphatic rings. The van der Waals surface area contributed by atoms with E-state index in [0.29, 0.717) is 5.92 Å². The Morgan fingerprint density at radius 3 is 2.42 bits per heavy atom. The quantitative estimate of drug-likeness (QED) is 0.845. The van der Waals surface area contributed by atoms with Crippen LogP contribution in [0.3, 0.4) is 0 Å². The molecule has 0 spiro atoms. The van der Waals surface area contributed by atoms with Crippen LogP contribution in [-0.2, 0) is 0 Å². The number of likely N-dealkylation sites (tertiary alicyclic amines) is 1. The largest absolute Gasteiger partial charge is 0.308 e. The van der Waals surface area contributed by atoms with Gasteiger partial charge in [0.2, 0.25) is 0 Å². The standard InChI is InChI=1S/C22H28N2/c1-23(2)14-15-24-13-12-19-18-10-6-7-11-20(18)22(21(19)16-24)17-8-4-3-5-9-17/h3-11,19,21-22H,12-16H2,1-2H3/t19-,21-,22?/m0/s1. The van der Waals surface area contributed by atoms with Crippen LogP contribution in [0, 0.1) is 5.92 Å². The van der Waals surface area contributed by atoms with Crippen molar-refractivity contribution in [2.75, 3.05) is 40.3 Å². The second kappa shape index (κ2) is 6.70. The molecule has 1 aliphatic heterocycles. The highest BCUT2D eigenvalue weighted by molar-refractivity contribution is 5.46. The fraction of sp³-hybridized carbons (Fsp3) is 0.455. The van der Waals surface area contributed by atoms with Crippen LogP contribution in [0.1, 0.15) is 34.9 Å². The molecule has 0 bridgehead atoms. The summed E-state index contributed by atoms with van der Waals surface area (Å²) in [5.74, 6) is 2.03. The van der Waals surface area contributed by atoms with Gasteiger partial charge in [0.05, 0.1) is 0 Å². The van der Waals surface area contributed by atoms with E-state index in [1.165, 1.54) is 31.6 Å². The van der Waals surface area contributed by atoms with Gasteiger partial charge in [-0.05, 0) is 55.6 Å². The minimum Gasteiger partial charge on any atom is -0.308 e. The molecule has 2 heteroatoms. The lowest BCUT2D eigenvalue weighted by Gasteiger charge is -2.38. The molecular formula is C22H28N2. The van der Waals surface area contributed by atoms with Crippen LogP contribution in [0.5, 0.6) is 0 Å². The summed E-state index contributed by atoms with van der Waals surface area (Å²) in [4.78, 5) is 4.98. The average molecular weight is 320 g/mol. The van der Waals surface area contributed by atoms with E-state index in [-0.39, 0.29) is 0 Å². The first-order valence-corrected chi connectivity index (χ1v) is 9.25. The van der Waals surface area contributed by atoms with E-state index < -0.39 is 0 Å². The smallest absolute Gasteiger partial charge is 0.0138 e. The van der Waals surface area contributed by atoms with Crippen molar-refractivity contribution in [3.63, 3.8) is 0 Å². The first-order chi connectivity index (χ1) is 11.7. The molecular weight excluding hydrogens is 292 g/mol. The molecule has 1 unspecified atom stereocenters. The molecule has 0 saturated carbocycles. The highest BCUT2D eigenvalue weighted by atomic mass is 15.2. The minimum atomic E-state index is 0.564. The van der Waals surface area contributed by atoms with Crippen molar-refractivity contribution >= 4 is 0 Å². The second-order valence-corrected chi connectivity index (χ2v) is 7.68. The molecule has 2 aromatic carbocycles. The molecule has 0 amide bonds. The molecule has 1 fully saturated rings. The Labute approximate surface area is 146 Å². The van der Waals surface area contributed by atoms with E-state index in [1.807, 2.05) is 0 Å². The summed E-state index contributed by atoms with van der Waals surface area (Å²) in [5, 5.41) is 0. The van der Waals surface area contributed by atoms with Crippen LogP contribution in [0.4, 0.5) is 0 Å². The molecule has 1 aliphatic carbocycles. The Hall–Kier alpha value is -1.64. The number of benzene rings is 2. The van der Waals surface area contributed by atoms with Crippen molar-refractivity contribution in [3.8, 4) is 0 Å². The second-order valence-electron chi connectivity index (χ2n) is 7.68. The summed E-state index contributed by atoms with van der Waals surface area (Å²) < 4.78 is 0. The zero-order chi connectivity index (χ0) is 16.5. The van der Waals surface area contributed by atoms with Gasteiger partial charge in [-0.15, -0.1) is 0 Å². The lowest BCUT2D eigenvalue weighted by molar-refractivity contribution is 0.143. The van der Waals surface area contributed by atoms with E-state index in [2.05, 4.69) is 78.5 Å². The maximum absolute atomic E-state index is 2.68. The Morgan fingerprint density at radius 1 is 0.958 bits per heavy atom. The number of piperidine rings is 1. The molecule has 0 aromatic heterocycles. The molecule has 1 heterocycles. The average Bonchev–Trinajstić information content (AvgIpc) is 2.94. The van der Waals surface area contributed by atoms with Gasteiger partial charge in [0.1, 0.15) is 0 Å². The maximum Gasteiger partial charge on any atom is 0.0138 e. The topological polar surface area (TPSA) is 6.48 Å². The maximum atomic E-state index is 2.68. The summed E-state index contributed by atoms with van der Waals surface area (Å²) >= 11 is 0. The van der Waals surface area contributed by atoms with Crippen molar-refractivity contribution in [2.24, 2.45) is 5.92 Å². The molecule has 0 N–H and O–H groups in total. The predicted molar refractivity (Wildman–Crippen MR) is 101 cm³/mol. The zero-order valence-electron chi connectivity index (χ0n) is 14.9. The molecule has 1 saturated heterocycles. The summed E-state index contributed by atoms with van der Waals surface area (Å²) in [6.45, 7) is 4.81. The fourth-order valence-corrected chi connectivity index (χ4v) is 4.77. The Bertz CT molecular complexity index is 679. The van der Waals surface area contributed by atoms with Gasteiger partial charge in [0.15, 0.2) is 0 Å². The van der Waals surface area contributed by atoms with Gasteiger partial charge in [0.25, 0.3) is 0 Å². The van der Waals surface area contributed by atoms with Gasteiger partial charge >= 0.3 is 0 Å². The number of hydrogen-bond donors (Lipinski definition) is 0. The molecule has 24 heavy (non-hydrogen) atoms. The van der Waals surface area contributed by atoms with Crippen molar-refractivity contribution < 1.29 is 0 Å². The third-order valence-electron chi connectivity index (χ3n) is 5.92. The summed E-state index contributed by atoms with van der Waals surface area (Å²) in [6.07, 6.45) is 1.30. The molecule has 3 atom stereocenters. The third kappa shape index (κ3) is 2.89. The highest BCUT2D eigenvalue weighted by Gasteiger charge is 2.43. The fourth-order valence-electron chi connectivity index (χ4n) is 4.77. The van der Waals surface area contributed by atoms with Crippen LogP contribution in [0.25, 0.3) is 0 Å². The summed E-state index contributed by atoms with van der Waals surface area (Å²) in [7, 11) is 4.34. The van der Waals surface area contributed by atoms with Crippen LogP contribution in [0.15, 0.2) is 54.6 Å². The lowest BCUT2D eigenvalue weighted by atomic mass is 9.79. The minimum absolute atomic E-state index is 0.564. The highest BCUT2D eigenvalue weighted by Crippen LogP contribution is 2.52. The van der Waals surface area contributed by atoms with E-state index >= 15 is 0 Å². The normalized spacial score (nSPS) is 26.4. The number of fused-ring (bicyclic) bond motifs is 3. The van der Waals surface area contributed by atoms with E-state index in [1.54, 1.807) is 11.1 Å². The third-order valence-corrected chi connectivity index (χ3v) is 5.92. The van der Waals surface area contributed by atoms with Gasteiger partial charge in [-0.2, -0.15) is 0 Å². The SMILES string of the molecule is CN(C)CCN1CC[C@H]2c3ccccc3C(c3ccccc3)[C@H]2C1. The molecule has 2 nitrogen and oxygen atoms in total. The van der Waals surface area contributed by atoms with E-state index in [0.717, 1.165) is 18.4 Å². The number of nitrogens with zero attached hydrogens (tertiary/aromatic N) is 2. The van der Waals surface area contributed by atoms with Crippen molar-refractivity contribution in [2.45, 2.75) is 18.3 Å². The van der Waals surface area contributed by atoms with Crippen LogP contribution in [-0.4, -0.2) is 50.1 Å². The number of likely N-dealkylation sites (N-methyl/N-ethyl adjacent to an activating group) is 1. The Balaban J connectivity index is 1.64. The van der Waals surface area contributed by atoms with E-state index in [9.17, 15) is 0 Å². The van der Waals surface area contributed by atoms with Crippen molar-refractivity contribution in [1.29, 1.82) is 0 Å². The van der Waals surface area contributed by atoms with Crippen LogP contribution >= 0.6 is 0 Å². The predicted octanol–water partition coefficient (Wildman–Crippen LogP) is 3.80. The van der Waals surface area contributed by atoms with Crippen molar-refractivity contribution in [3.05, 3.63) is 71.3 Å². The summed E-state index contributed by atoms with van der Waals surface area (Å²) in [5.41, 5.74) is 4.68. The van der Waals surface area contributed by atoms with E-state index in [4.69, 9.17) is 0 Å². The van der Waals surface area contributed by atoms with Crippen LogP contribution in [0.2, 0.25) is 0 Å². The zero-order valence-corrected chi connectivity index (χ0v) is 14.9. The van der Waals surface area contributed by atoms with Gasteiger partial charge in [-0.25, -0.2) is 0 Å². The first kappa shape index (κ1) is 15.9. The molecule has 4 rings (SSSR count). The molecule has 126 valence electrons. The van der Waals surface area contributed by atoms with Crippen molar-refractivity contribution in [1.82, 2.24) is 9.80 Å². The van der Waals surface area contributed by atoms with Gasteiger partial charge in [0, 0.05) is 25.6 Å². The summed E-state index contributed by atoms with van der Waals surface area (Å²) in [6, 6.07) is 20.4. The first-order valence-electron chi connectivity index (χ1n) is 9.25. The van der Waals surface area contributed by atoms with Gasteiger partial charge < -0.3 is 9.80 Å². The van der Waals surface area contributed by atoms with Gasteiger partial charge in [-0.3, -0.25) is 0 Å². The monoisotopic (exact) mass is 320 g/mol. The number of rotatable bonds is 4. The number of hydrogen-bond acceptors (Lipinski definition) is 2. The molecule has 0 radical (unpaired) electrons. The Morgan fingerprint density at radius 2 is 1.67 bits per heavy atom. The Kier molecular flexibility index (Phi) is 4.43. The van der Waals surface area contributed by atoms with Gasteiger partial charge in [-0.1, -0.05) is 54.6 Å².